The molecule has 3 atom stereocenters. The van der Waals surface area contributed by atoms with Crippen molar-refractivity contribution in [1.82, 2.24) is 0 Å². The van der Waals surface area contributed by atoms with Crippen LogP contribution in [-0.4, -0.2) is 11.2 Å². The summed E-state index contributed by atoms with van der Waals surface area (Å²) in [5.74, 6) is -0.191. The third-order valence-electron chi connectivity index (χ3n) is 3.86. The first kappa shape index (κ1) is 12.5. The Bertz CT molecular complexity index is 392. The van der Waals surface area contributed by atoms with Gasteiger partial charge >= 0.3 is 0 Å². The number of benzene rings is 1. The summed E-state index contributed by atoms with van der Waals surface area (Å²) in [4.78, 5) is 0. The molecule has 0 aromatic heterocycles. The summed E-state index contributed by atoms with van der Waals surface area (Å²) in [6.45, 7) is 2.11. The van der Waals surface area contributed by atoms with E-state index in [0.717, 1.165) is 31.4 Å². The molecule has 1 saturated carbocycles. The van der Waals surface area contributed by atoms with Gasteiger partial charge in [0.1, 0.15) is 11.6 Å². The van der Waals surface area contributed by atoms with Crippen LogP contribution in [-0.2, 0) is 6.42 Å². The van der Waals surface area contributed by atoms with Crippen LogP contribution in [0.3, 0.4) is 0 Å². The summed E-state index contributed by atoms with van der Waals surface area (Å²) >= 11 is 0. The third-order valence-corrected chi connectivity index (χ3v) is 3.86. The van der Waals surface area contributed by atoms with E-state index in [1.807, 2.05) is 0 Å². The van der Waals surface area contributed by atoms with E-state index in [2.05, 4.69) is 6.92 Å². The van der Waals surface area contributed by atoms with E-state index in [4.69, 9.17) is 0 Å². The minimum Gasteiger partial charge on any atom is -0.392 e. The van der Waals surface area contributed by atoms with Gasteiger partial charge in [-0.05, 0) is 42.0 Å². The van der Waals surface area contributed by atoms with Crippen molar-refractivity contribution in [3.8, 4) is 0 Å². The lowest BCUT2D eigenvalue weighted by atomic mass is 9.88. The highest BCUT2D eigenvalue weighted by molar-refractivity contribution is 5.19. The van der Waals surface area contributed by atoms with E-state index in [1.54, 1.807) is 0 Å². The predicted octanol–water partition coefficient (Wildman–Crippen LogP) is 3.30. The Morgan fingerprint density at radius 3 is 2.76 bits per heavy atom. The van der Waals surface area contributed by atoms with E-state index < -0.39 is 17.7 Å². The number of aliphatic hydroxyl groups is 1. The van der Waals surface area contributed by atoms with Crippen molar-refractivity contribution < 1.29 is 13.9 Å². The van der Waals surface area contributed by atoms with Crippen molar-refractivity contribution in [2.45, 2.75) is 38.7 Å². The van der Waals surface area contributed by atoms with Gasteiger partial charge in [-0.25, -0.2) is 8.78 Å². The highest BCUT2D eigenvalue weighted by Crippen LogP contribution is 2.34. The van der Waals surface area contributed by atoms with Crippen LogP contribution < -0.4 is 0 Å². The standard InChI is InChI=1S/C14H18F2O/c1-9-3-2-4-12(9)14(17)8-10-7-11(15)5-6-13(10)16/h5-7,9,12,14,17H,2-4,8H2,1H3. The molecule has 0 aliphatic heterocycles. The molecule has 0 radical (unpaired) electrons. The normalized spacial score (nSPS) is 26.1. The smallest absolute Gasteiger partial charge is 0.126 e. The SMILES string of the molecule is CC1CCCC1C(O)Cc1cc(F)ccc1F. The molecule has 1 aromatic carbocycles. The Kier molecular flexibility index (Phi) is 3.77. The van der Waals surface area contributed by atoms with Crippen LogP contribution in [0.2, 0.25) is 0 Å². The fraction of sp³-hybridized carbons (Fsp3) is 0.571. The largest absolute Gasteiger partial charge is 0.392 e. The quantitative estimate of drug-likeness (QED) is 0.859. The topological polar surface area (TPSA) is 20.2 Å². The molecule has 17 heavy (non-hydrogen) atoms. The molecule has 0 amide bonds. The van der Waals surface area contributed by atoms with Crippen molar-refractivity contribution in [3.05, 3.63) is 35.4 Å². The number of aliphatic hydroxyl groups excluding tert-OH is 1. The fourth-order valence-electron chi connectivity index (χ4n) is 2.82. The minimum atomic E-state index is -0.566. The van der Waals surface area contributed by atoms with Gasteiger partial charge in [-0.1, -0.05) is 19.8 Å². The zero-order chi connectivity index (χ0) is 12.4. The molecule has 0 spiro atoms. The molecule has 1 fully saturated rings. The number of rotatable bonds is 3. The number of hydrogen-bond donors (Lipinski definition) is 1. The van der Waals surface area contributed by atoms with Crippen molar-refractivity contribution in [2.24, 2.45) is 11.8 Å². The second-order valence-corrected chi connectivity index (χ2v) is 5.08. The third kappa shape index (κ3) is 2.83. The van der Waals surface area contributed by atoms with Gasteiger partial charge in [-0.3, -0.25) is 0 Å². The maximum absolute atomic E-state index is 13.4. The zero-order valence-electron chi connectivity index (χ0n) is 10.00. The summed E-state index contributed by atoms with van der Waals surface area (Å²) in [5, 5.41) is 10.1. The molecule has 3 heteroatoms. The highest BCUT2D eigenvalue weighted by atomic mass is 19.1. The predicted molar refractivity (Wildman–Crippen MR) is 62.6 cm³/mol. The minimum absolute atomic E-state index is 0.207. The first-order chi connectivity index (χ1) is 8.08. The molecular formula is C14H18F2O. The number of halogens is 2. The molecule has 0 saturated heterocycles. The summed E-state index contributed by atoms with van der Waals surface area (Å²) in [6.07, 6.45) is 2.86. The van der Waals surface area contributed by atoms with Gasteiger partial charge in [0.25, 0.3) is 0 Å². The molecule has 1 aromatic rings. The fourth-order valence-corrected chi connectivity index (χ4v) is 2.82. The molecule has 1 aliphatic carbocycles. The number of hydrogen-bond acceptors (Lipinski definition) is 1. The maximum atomic E-state index is 13.4. The maximum Gasteiger partial charge on any atom is 0.126 e. The van der Waals surface area contributed by atoms with E-state index >= 15 is 0 Å². The lowest BCUT2D eigenvalue weighted by Gasteiger charge is -2.22. The molecular weight excluding hydrogens is 222 g/mol. The van der Waals surface area contributed by atoms with Gasteiger partial charge in [0.15, 0.2) is 0 Å². The summed E-state index contributed by atoms with van der Waals surface area (Å²) in [6, 6.07) is 3.40. The van der Waals surface area contributed by atoms with E-state index in [9.17, 15) is 13.9 Å². The summed E-state index contributed by atoms with van der Waals surface area (Å²) in [5.41, 5.74) is 0.275. The van der Waals surface area contributed by atoms with Gasteiger partial charge in [0.2, 0.25) is 0 Å². The second kappa shape index (κ2) is 5.13. The summed E-state index contributed by atoms with van der Waals surface area (Å²) < 4.78 is 26.4. The van der Waals surface area contributed by atoms with E-state index in [1.165, 1.54) is 6.07 Å². The molecule has 94 valence electrons. The Hall–Kier alpha value is -0.960. The average Bonchev–Trinajstić information content (AvgIpc) is 2.70. The molecule has 1 N–H and O–H groups in total. The van der Waals surface area contributed by atoms with Crippen LogP contribution >= 0.6 is 0 Å². The monoisotopic (exact) mass is 240 g/mol. The highest BCUT2D eigenvalue weighted by Gasteiger charge is 2.30. The molecule has 2 rings (SSSR count). The van der Waals surface area contributed by atoms with Gasteiger partial charge in [0.05, 0.1) is 6.10 Å². The van der Waals surface area contributed by atoms with Gasteiger partial charge in [-0.2, -0.15) is 0 Å². The van der Waals surface area contributed by atoms with Crippen LogP contribution in [0.25, 0.3) is 0 Å². The Morgan fingerprint density at radius 1 is 1.35 bits per heavy atom. The molecule has 0 heterocycles. The average molecular weight is 240 g/mol. The van der Waals surface area contributed by atoms with Crippen LogP contribution in [0, 0.1) is 23.5 Å². The van der Waals surface area contributed by atoms with Crippen LogP contribution in [0.4, 0.5) is 8.78 Å². The van der Waals surface area contributed by atoms with Crippen LogP contribution in [0.1, 0.15) is 31.7 Å². The second-order valence-electron chi connectivity index (χ2n) is 5.08. The lowest BCUT2D eigenvalue weighted by molar-refractivity contribution is 0.0893. The Labute approximate surface area is 100 Å². The van der Waals surface area contributed by atoms with E-state index in [-0.39, 0.29) is 17.9 Å². The first-order valence-corrected chi connectivity index (χ1v) is 6.20. The molecule has 1 nitrogen and oxygen atoms in total. The first-order valence-electron chi connectivity index (χ1n) is 6.20. The Balaban J connectivity index is 2.07. The van der Waals surface area contributed by atoms with Gasteiger partial charge < -0.3 is 5.11 Å². The van der Waals surface area contributed by atoms with Crippen molar-refractivity contribution >= 4 is 0 Å². The van der Waals surface area contributed by atoms with E-state index in [0.29, 0.717) is 5.92 Å². The van der Waals surface area contributed by atoms with Crippen LogP contribution in [0.15, 0.2) is 18.2 Å². The molecule has 0 bridgehead atoms. The lowest BCUT2D eigenvalue weighted by Crippen LogP contribution is -2.25. The van der Waals surface area contributed by atoms with Crippen molar-refractivity contribution in [1.29, 1.82) is 0 Å². The van der Waals surface area contributed by atoms with Crippen LogP contribution in [0.5, 0.6) is 0 Å². The zero-order valence-corrected chi connectivity index (χ0v) is 10.00. The summed E-state index contributed by atoms with van der Waals surface area (Å²) in [7, 11) is 0. The van der Waals surface area contributed by atoms with Gasteiger partial charge in [0, 0.05) is 6.42 Å². The molecule has 3 unspecified atom stereocenters. The van der Waals surface area contributed by atoms with Crippen molar-refractivity contribution in [2.75, 3.05) is 0 Å². The Morgan fingerprint density at radius 2 is 2.12 bits per heavy atom. The molecule has 1 aliphatic rings. The van der Waals surface area contributed by atoms with Crippen molar-refractivity contribution in [3.63, 3.8) is 0 Å². The van der Waals surface area contributed by atoms with Gasteiger partial charge in [-0.15, -0.1) is 0 Å².